The van der Waals surface area contributed by atoms with Gasteiger partial charge in [0.1, 0.15) is 12.3 Å². The minimum absolute atomic E-state index is 0.0455. The highest BCUT2D eigenvalue weighted by Gasteiger charge is 2.37. The lowest BCUT2D eigenvalue weighted by molar-refractivity contribution is -0.131. The molecule has 1 saturated heterocycles. The highest BCUT2D eigenvalue weighted by Crippen LogP contribution is 2.28. The van der Waals surface area contributed by atoms with Gasteiger partial charge in [0, 0.05) is 6.54 Å². The molecule has 1 aliphatic rings. The van der Waals surface area contributed by atoms with Crippen molar-refractivity contribution in [2.24, 2.45) is 0 Å². The topological polar surface area (TPSA) is 40.5 Å². The number of β-amino-alcohol motifs (C(OH)–C–C–N with tert-alkyl or cyclic N) is 1. The molecular weight excluding hydrogens is 281 g/mol. The van der Waals surface area contributed by atoms with Crippen LogP contribution in [0.15, 0.2) is 60.7 Å². The Kier molecular flexibility index (Phi) is 4.20. The van der Waals surface area contributed by atoms with E-state index in [1.807, 2.05) is 60.7 Å². The second-order valence-electron chi connectivity index (χ2n) is 5.58. The SMILES string of the molecule is O=C(C(c1ccccc1)c1ccccc1)N1C[C@H](O)[C@@H](F)C1. The summed E-state index contributed by atoms with van der Waals surface area (Å²) in [7, 11) is 0. The Morgan fingerprint density at radius 1 is 1.00 bits per heavy atom. The van der Waals surface area contributed by atoms with Crippen LogP contribution in [0.1, 0.15) is 17.0 Å². The Labute approximate surface area is 129 Å². The number of aliphatic hydroxyl groups is 1. The first-order valence-corrected chi connectivity index (χ1v) is 7.37. The Balaban J connectivity index is 1.94. The summed E-state index contributed by atoms with van der Waals surface area (Å²) >= 11 is 0. The normalized spacial score (nSPS) is 21.3. The van der Waals surface area contributed by atoms with Crippen molar-refractivity contribution in [1.82, 2.24) is 4.90 Å². The Morgan fingerprint density at radius 3 is 1.91 bits per heavy atom. The van der Waals surface area contributed by atoms with E-state index >= 15 is 0 Å². The fraction of sp³-hybridized carbons (Fsp3) is 0.278. The molecule has 3 nitrogen and oxygen atoms in total. The molecular formula is C18H18FNO2. The molecule has 1 aliphatic heterocycles. The summed E-state index contributed by atoms with van der Waals surface area (Å²) in [5, 5.41) is 9.57. The van der Waals surface area contributed by atoms with Gasteiger partial charge >= 0.3 is 0 Å². The lowest BCUT2D eigenvalue weighted by atomic mass is 9.90. The van der Waals surface area contributed by atoms with Crippen molar-refractivity contribution in [3.8, 4) is 0 Å². The van der Waals surface area contributed by atoms with Crippen LogP contribution in [-0.4, -0.2) is 41.3 Å². The Bertz CT molecular complexity index is 583. The van der Waals surface area contributed by atoms with Crippen LogP contribution in [0.25, 0.3) is 0 Å². The van der Waals surface area contributed by atoms with E-state index in [-0.39, 0.29) is 19.0 Å². The minimum atomic E-state index is -1.36. The highest BCUT2D eigenvalue weighted by atomic mass is 19.1. The fourth-order valence-electron chi connectivity index (χ4n) is 2.88. The number of likely N-dealkylation sites (tertiary alicyclic amines) is 1. The fourth-order valence-corrected chi connectivity index (χ4v) is 2.88. The van der Waals surface area contributed by atoms with Crippen LogP contribution in [-0.2, 0) is 4.79 Å². The summed E-state index contributed by atoms with van der Waals surface area (Å²) in [6, 6.07) is 18.9. The molecule has 1 amide bonds. The van der Waals surface area contributed by atoms with Crippen molar-refractivity contribution in [1.29, 1.82) is 0 Å². The van der Waals surface area contributed by atoms with Crippen LogP contribution in [0.4, 0.5) is 4.39 Å². The lowest BCUT2D eigenvalue weighted by Gasteiger charge is -2.24. The molecule has 0 unspecified atom stereocenters. The van der Waals surface area contributed by atoms with Gasteiger partial charge in [-0.2, -0.15) is 0 Å². The molecule has 0 spiro atoms. The van der Waals surface area contributed by atoms with Crippen LogP contribution < -0.4 is 0 Å². The first-order valence-electron chi connectivity index (χ1n) is 7.37. The monoisotopic (exact) mass is 299 g/mol. The smallest absolute Gasteiger partial charge is 0.234 e. The van der Waals surface area contributed by atoms with Crippen LogP contribution in [0.5, 0.6) is 0 Å². The number of halogens is 1. The maximum atomic E-state index is 13.6. The quantitative estimate of drug-likeness (QED) is 0.945. The predicted octanol–water partition coefficient (Wildman–Crippen LogP) is 2.36. The van der Waals surface area contributed by atoms with E-state index < -0.39 is 18.2 Å². The zero-order chi connectivity index (χ0) is 15.5. The first kappa shape index (κ1) is 14.7. The van der Waals surface area contributed by atoms with Crippen molar-refractivity contribution in [3.63, 3.8) is 0 Å². The highest BCUT2D eigenvalue weighted by molar-refractivity contribution is 5.87. The molecule has 4 heteroatoms. The van der Waals surface area contributed by atoms with E-state index in [0.717, 1.165) is 11.1 Å². The van der Waals surface area contributed by atoms with Gasteiger partial charge in [-0.05, 0) is 11.1 Å². The molecule has 0 radical (unpaired) electrons. The molecule has 1 heterocycles. The number of alkyl halides is 1. The zero-order valence-corrected chi connectivity index (χ0v) is 12.1. The Morgan fingerprint density at radius 2 is 1.50 bits per heavy atom. The van der Waals surface area contributed by atoms with Crippen molar-refractivity contribution in [2.75, 3.05) is 13.1 Å². The van der Waals surface area contributed by atoms with Gasteiger partial charge in [0.2, 0.25) is 5.91 Å². The van der Waals surface area contributed by atoms with E-state index in [9.17, 15) is 14.3 Å². The van der Waals surface area contributed by atoms with E-state index in [1.54, 1.807) is 0 Å². The average Bonchev–Trinajstić information content (AvgIpc) is 2.89. The van der Waals surface area contributed by atoms with Gasteiger partial charge in [0.05, 0.1) is 12.5 Å². The predicted molar refractivity (Wildman–Crippen MR) is 82.2 cm³/mol. The van der Waals surface area contributed by atoms with Crippen LogP contribution in [0.2, 0.25) is 0 Å². The maximum Gasteiger partial charge on any atom is 0.234 e. The number of hydrogen-bond acceptors (Lipinski definition) is 2. The summed E-state index contributed by atoms with van der Waals surface area (Å²) in [6.07, 6.45) is -2.45. The molecule has 0 bridgehead atoms. The van der Waals surface area contributed by atoms with Gasteiger partial charge in [-0.1, -0.05) is 60.7 Å². The standard InChI is InChI=1S/C18H18FNO2/c19-15-11-20(12-16(15)21)18(22)17(13-7-3-1-4-8-13)14-9-5-2-6-10-14/h1-10,15-17,21H,11-12H2/t15-,16-/m0/s1. The second kappa shape index (κ2) is 6.28. The molecule has 22 heavy (non-hydrogen) atoms. The largest absolute Gasteiger partial charge is 0.388 e. The third kappa shape index (κ3) is 2.88. The van der Waals surface area contributed by atoms with Gasteiger partial charge in [-0.15, -0.1) is 0 Å². The second-order valence-corrected chi connectivity index (χ2v) is 5.58. The number of carbonyl (C=O) groups is 1. The summed E-state index contributed by atoms with van der Waals surface area (Å²) in [5.41, 5.74) is 1.74. The Hall–Kier alpha value is -2.20. The van der Waals surface area contributed by atoms with Gasteiger partial charge in [-0.3, -0.25) is 4.79 Å². The summed E-state index contributed by atoms with van der Waals surface area (Å²) in [6.45, 7) is 0.00628. The van der Waals surface area contributed by atoms with E-state index in [4.69, 9.17) is 0 Å². The van der Waals surface area contributed by atoms with Crippen LogP contribution in [0, 0.1) is 0 Å². The molecule has 0 aromatic heterocycles. The van der Waals surface area contributed by atoms with Crippen molar-refractivity contribution >= 4 is 5.91 Å². The summed E-state index contributed by atoms with van der Waals surface area (Å²) < 4.78 is 13.6. The van der Waals surface area contributed by atoms with Gasteiger partial charge in [0.25, 0.3) is 0 Å². The van der Waals surface area contributed by atoms with Crippen molar-refractivity contribution in [3.05, 3.63) is 71.8 Å². The zero-order valence-electron chi connectivity index (χ0n) is 12.1. The van der Waals surface area contributed by atoms with E-state index in [2.05, 4.69) is 0 Å². The number of hydrogen-bond donors (Lipinski definition) is 1. The maximum absolute atomic E-state index is 13.6. The third-order valence-electron chi connectivity index (χ3n) is 4.04. The molecule has 114 valence electrons. The van der Waals surface area contributed by atoms with Gasteiger partial charge in [0.15, 0.2) is 0 Å². The summed E-state index contributed by atoms with van der Waals surface area (Å²) in [4.78, 5) is 14.3. The third-order valence-corrected chi connectivity index (χ3v) is 4.04. The van der Waals surface area contributed by atoms with Crippen molar-refractivity contribution < 1.29 is 14.3 Å². The van der Waals surface area contributed by atoms with E-state index in [1.165, 1.54) is 4.90 Å². The first-order chi connectivity index (χ1) is 10.7. The summed E-state index contributed by atoms with van der Waals surface area (Å²) in [5.74, 6) is -0.642. The molecule has 2 atom stereocenters. The van der Waals surface area contributed by atoms with E-state index in [0.29, 0.717) is 0 Å². The minimum Gasteiger partial charge on any atom is -0.388 e. The molecule has 3 rings (SSSR count). The number of rotatable bonds is 3. The molecule has 1 N–H and O–H groups in total. The van der Waals surface area contributed by atoms with Gasteiger partial charge < -0.3 is 10.0 Å². The van der Waals surface area contributed by atoms with Gasteiger partial charge in [-0.25, -0.2) is 4.39 Å². The molecule has 0 saturated carbocycles. The lowest BCUT2D eigenvalue weighted by Crippen LogP contribution is -2.34. The number of carbonyl (C=O) groups excluding carboxylic acids is 1. The number of aliphatic hydroxyl groups excluding tert-OH is 1. The number of amides is 1. The van der Waals surface area contributed by atoms with Crippen molar-refractivity contribution in [2.45, 2.75) is 18.2 Å². The van der Waals surface area contributed by atoms with Crippen LogP contribution in [0.3, 0.4) is 0 Å². The number of benzene rings is 2. The average molecular weight is 299 g/mol. The molecule has 1 fully saturated rings. The molecule has 2 aromatic carbocycles. The molecule has 0 aliphatic carbocycles. The molecule has 2 aromatic rings. The van der Waals surface area contributed by atoms with Crippen LogP contribution >= 0.6 is 0 Å². The number of nitrogens with zero attached hydrogens (tertiary/aromatic N) is 1.